The van der Waals surface area contributed by atoms with Crippen LogP contribution in [0.2, 0.25) is 0 Å². The molecule has 5 nitrogen and oxygen atoms in total. The maximum absolute atomic E-state index is 13.1. The Kier molecular flexibility index (Phi) is 5.61. The number of benzene rings is 2. The van der Waals surface area contributed by atoms with Gasteiger partial charge in [-0.15, -0.1) is 0 Å². The monoisotopic (exact) mass is 387 g/mol. The second kappa shape index (κ2) is 7.77. The third-order valence-electron chi connectivity index (χ3n) is 5.06. The summed E-state index contributed by atoms with van der Waals surface area (Å²) in [7, 11) is -3.55. The molecule has 0 aromatic heterocycles. The van der Waals surface area contributed by atoms with Gasteiger partial charge in [0, 0.05) is 26.2 Å². The van der Waals surface area contributed by atoms with Crippen LogP contribution in [-0.2, 0) is 10.0 Å². The molecule has 0 saturated carbocycles. The van der Waals surface area contributed by atoms with E-state index in [4.69, 9.17) is 0 Å². The molecule has 2 aromatic rings. The highest BCUT2D eigenvalue weighted by Crippen LogP contribution is 2.25. The molecule has 1 unspecified atom stereocenters. The molecule has 1 aliphatic heterocycles. The summed E-state index contributed by atoms with van der Waals surface area (Å²) in [5.41, 5.74) is 2.70. The average Bonchev–Trinajstić information content (AvgIpc) is 2.66. The molecule has 0 N–H and O–H groups in total. The Morgan fingerprint density at radius 1 is 1.00 bits per heavy atom. The van der Waals surface area contributed by atoms with Crippen LogP contribution in [-0.4, -0.2) is 43.8 Å². The molecule has 1 atom stereocenters. The van der Waals surface area contributed by atoms with Crippen LogP contribution in [0, 0.1) is 31.0 Å². The summed E-state index contributed by atoms with van der Waals surface area (Å²) in [6, 6.07) is 12.7. The standard InChI is InChI=1S/C20H22FN3O2S/c1-15-3-8-19(13-16(15)2)27(25,26)24-11-9-23(10-12-24)20(14-22)17-4-6-18(21)7-5-17/h3-8,13,20H,9-12H2,1-2H3. The highest BCUT2D eigenvalue weighted by molar-refractivity contribution is 7.89. The molecule has 7 heteroatoms. The quantitative estimate of drug-likeness (QED) is 0.809. The van der Waals surface area contributed by atoms with Crippen molar-refractivity contribution < 1.29 is 12.8 Å². The fourth-order valence-corrected chi connectivity index (χ4v) is 4.75. The molecule has 0 radical (unpaired) electrons. The van der Waals surface area contributed by atoms with Gasteiger partial charge in [0.1, 0.15) is 11.9 Å². The van der Waals surface area contributed by atoms with Crippen molar-refractivity contribution in [2.24, 2.45) is 0 Å². The molecule has 1 saturated heterocycles. The van der Waals surface area contributed by atoms with E-state index in [9.17, 15) is 18.1 Å². The molecule has 0 aliphatic carbocycles. The van der Waals surface area contributed by atoms with Crippen molar-refractivity contribution in [3.8, 4) is 6.07 Å². The molecule has 0 bridgehead atoms. The van der Waals surface area contributed by atoms with Crippen molar-refractivity contribution >= 4 is 10.0 Å². The largest absolute Gasteiger partial charge is 0.282 e. The number of halogens is 1. The van der Waals surface area contributed by atoms with Crippen LogP contribution in [0.3, 0.4) is 0 Å². The minimum absolute atomic E-state index is 0.300. The molecule has 1 heterocycles. The maximum Gasteiger partial charge on any atom is 0.243 e. The van der Waals surface area contributed by atoms with Gasteiger partial charge in [0.25, 0.3) is 0 Å². The molecule has 1 fully saturated rings. The second-order valence-electron chi connectivity index (χ2n) is 6.77. The van der Waals surface area contributed by atoms with Crippen LogP contribution in [0.4, 0.5) is 4.39 Å². The summed E-state index contributed by atoms with van der Waals surface area (Å²) in [5.74, 6) is -0.347. The van der Waals surface area contributed by atoms with Gasteiger partial charge in [-0.1, -0.05) is 18.2 Å². The molecular formula is C20H22FN3O2S. The van der Waals surface area contributed by atoms with Crippen molar-refractivity contribution in [2.75, 3.05) is 26.2 Å². The first-order valence-corrected chi connectivity index (χ1v) is 10.2. The van der Waals surface area contributed by atoms with Gasteiger partial charge in [-0.25, -0.2) is 12.8 Å². The average molecular weight is 387 g/mol. The SMILES string of the molecule is Cc1ccc(S(=O)(=O)N2CCN(C(C#N)c3ccc(F)cc3)CC2)cc1C. The summed E-state index contributed by atoms with van der Waals surface area (Å²) >= 11 is 0. The van der Waals surface area contributed by atoms with Gasteiger partial charge in [-0.3, -0.25) is 4.90 Å². The number of nitrogens with zero attached hydrogens (tertiary/aromatic N) is 3. The highest BCUT2D eigenvalue weighted by atomic mass is 32.2. The lowest BCUT2D eigenvalue weighted by Crippen LogP contribution is -2.49. The van der Waals surface area contributed by atoms with Crippen molar-refractivity contribution in [2.45, 2.75) is 24.8 Å². The van der Waals surface area contributed by atoms with Crippen molar-refractivity contribution in [3.63, 3.8) is 0 Å². The smallest absolute Gasteiger partial charge is 0.243 e. The fourth-order valence-electron chi connectivity index (χ4n) is 3.24. The van der Waals surface area contributed by atoms with Crippen LogP contribution in [0.25, 0.3) is 0 Å². The Labute approximate surface area is 159 Å². The first kappa shape index (κ1) is 19.5. The van der Waals surface area contributed by atoms with E-state index in [2.05, 4.69) is 6.07 Å². The zero-order valence-electron chi connectivity index (χ0n) is 15.4. The third kappa shape index (κ3) is 4.03. The Bertz CT molecular complexity index is 960. The summed E-state index contributed by atoms with van der Waals surface area (Å²) in [4.78, 5) is 2.23. The molecule has 142 valence electrons. The van der Waals surface area contributed by atoms with Gasteiger partial charge in [-0.05, 0) is 54.8 Å². The van der Waals surface area contributed by atoms with E-state index in [1.165, 1.54) is 16.4 Å². The Morgan fingerprint density at radius 2 is 1.63 bits per heavy atom. The maximum atomic E-state index is 13.1. The predicted molar refractivity (Wildman–Crippen MR) is 101 cm³/mol. The summed E-state index contributed by atoms with van der Waals surface area (Å²) in [6.45, 7) is 5.36. The minimum Gasteiger partial charge on any atom is -0.282 e. The van der Waals surface area contributed by atoms with E-state index >= 15 is 0 Å². The number of aryl methyl sites for hydroxylation is 2. The van der Waals surface area contributed by atoms with E-state index < -0.39 is 16.1 Å². The molecule has 27 heavy (non-hydrogen) atoms. The van der Waals surface area contributed by atoms with Gasteiger partial charge in [0.05, 0.1) is 11.0 Å². The number of hydrogen-bond donors (Lipinski definition) is 0. The number of sulfonamides is 1. The summed E-state index contributed by atoms with van der Waals surface area (Å²) in [5, 5.41) is 9.54. The lowest BCUT2D eigenvalue weighted by molar-refractivity contribution is 0.162. The number of rotatable bonds is 4. The van der Waals surface area contributed by atoms with Crippen molar-refractivity contribution in [3.05, 3.63) is 65.0 Å². The Hall–Kier alpha value is -2.27. The van der Waals surface area contributed by atoms with E-state index in [0.29, 0.717) is 36.6 Å². The first-order valence-electron chi connectivity index (χ1n) is 8.79. The lowest BCUT2D eigenvalue weighted by Gasteiger charge is -2.36. The first-order chi connectivity index (χ1) is 12.8. The van der Waals surface area contributed by atoms with Crippen LogP contribution in [0.15, 0.2) is 47.4 Å². The van der Waals surface area contributed by atoms with Crippen LogP contribution in [0.1, 0.15) is 22.7 Å². The molecule has 0 spiro atoms. The van der Waals surface area contributed by atoms with Gasteiger partial charge >= 0.3 is 0 Å². The zero-order valence-corrected chi connectivity index (χ0v) is 16.2. The van der Waals surface area contributed by atoms with E-state index in [0.717, 1.165) is 11.1 Å². The van der Waals surface area contributed by atoms with Crippen LogP contribution < -0.4 is 0 Å². The molecular weight excluding hydrogens is 365 g/mol. The van der Waals surface area contributed by atoms with Crippen LogP contribution in [0.5, 0.6) is 0 Å². The molecule has 2 aromatic carbocycles. The van der Waals surface area contributed by atoms with Crippen LogP contribution >= 0.6 is 0 Å². The number of piperazine rings is 1. The van der Waals surface area contributed by atoms with Gasteiger partial charge in [0.2, 0.25) is 10.0 Å². The lowest BCUT2D eigenvalue weighted by atomic mass is 10.1. The normalized spacial score (nSPS) is 17.4. The number of hydrogen-bond acceptors (Lipinski definition) is 4. The van der Waals surface area contributed by atoms with Crippen molar-refractivity contribution in [1.82, 2.24) is 9.21 Å². The summed E-state index contributed by atoms with van der Waals surface area (Å²) < 4.78 is 40.4. The van der Waals surface area contributed by atoms with Crippen molar-refractivity contribution in [1.29, 1.82) is 5.26 Å². The predicted octanol–water partition coefficient (Wildman–Crippen LogP) is 3.01. The van der Waals surface area contributed by atoms with E-state index in [1.54, 1.807) is 24.3 Å². The Morgan fingerprint density at radius 3 is 2.19 bits per heavy atom. The summed E-state index contributed by atoms with van der Waals surface area (Å²) in [6.07, 6.45) is 0. The minimum atomic E-state index is -3.55. The van der Waals surface area contributed by atoms with E-state index in [1.807, 2.05) is 24.8 Å². The molecule has 1 aliphatic rings. The highest BCUT2D eigenvalue weighted by Gasteiger charge is 2.31. The van der Waals surface area contributed by atoms with E-state index in [-0.39, 0.29) is 5.82 Å². The molecule has 0 amide bonds. The second-order valence-corrected chi connectivity index (χ2v) is 8.71. The molecule has 3 rings (SSSR count). The van der Waals surface area contributed by atoms with Gasteiger partial charge < -0.3 is 0 Å². The zero-order chi connectivity index (χ0) is 19.6. The Balaban J connectivity index is 1.73. The fraction of sp³-hybridized carbons (Fsp3) is 0.350. The van der Waals surface area contributed by atoms with Gasteiger partial charge in [-0.2, -0.15) is 9.57 Å². The number of nitriles is 1. The topological polar surface area (TPSA) is 64.4 Å². The van der Waals surface area contributed by atoms with Gasteiger partial charge in [0.15, 0.2) is 0 Å². The third-order valence-corrected chi connectivity index (χ3v) is 6.96.